The number of benzene rings is 12. The molecule has 0 amide bonds. The lowest BCUT2D eigenvalue weighted by atomic mass is 9.69. The molecular weight excluding hydrogens is 1110 g/mol. The third kappa shape index (κ3) is 8.17. The Morgan fingerprint density at radius 2 is 0.568 bits per heavy atom. The van der Waals surface area contributed by atoms with Gasteiger partial charge in [-0.05, 0) is 104 Å². The molecule has 6 heteroatoms. The maximum Gasteiger partial charge on any atom is 0.160 e. The van der Waals surface area contributed by atoms with E-state index in [0.717, 1.165) is 56.7 Å². The standard InChI is InChI=1S/2C41H26N2S/c1-3-13-27(14-4-1)36-26-39(43-40(42-36)28-23-24-38-33(25-28)32-19-9-12-22-37(32)44-38)41(29-15-5-2-6-16-29)34-20-10-7-17-30(34)31-18-8-11-21-35(31)41;1-3-13-27(14-4-1)36-26-39(43-40(42-36)28-23-24-33-32-19-9-12-22-37(32)44-38(33)25-28)41(29-15-5-2-6-16-29)34-20-10-7-17-30(34)31-18-8-11-21-35(31)41/h2*1-26H. The van der Waals surface area contributed by atoms with Crippen molar-refractivity contribution in [3.63, 3.8) is 0 Å². The summed E-state index contributed by atoms with van der Waals surface area (Å²) < 4.78 is 5.10. The van der Waals surface area contributed by atoms with Gasteiger partial charge in [0.25, 0.3) is 0 Å². The third-order valence-corrected chi connectivity index (χ3v) is 20.2. The first kappa shape index (κ1) is 51.6. The molecule has 2 aliphatic carbocycles. The molecule has 0 radical (unpaired) electrons. The van der Waals surface area contributed by atoms with Gasteiger partial charge in [-0.2, -0.15) is 0 Å². The van der Waals surface area contributed by atoms with E-state index in [4.69, 9.17) is 19.9 Å². The van der Waals surface area contributed by atoms with Crippen molar-refractivity contribution in [2.75, 3.05) is 0 Å². The van der Waals surface area contributed by atoms with Crippen molar-refractivity contribution in [2.24, 2.45) is 0 Å². The van der Waals surface area contributed by atoms with Gasteiger partial charge in [-0.25, -0.2) is 19.9 Å². The van der Waals surface area contributed by atoms with Crippen LogP contribution < -0.4 is 0 Å². The molecule has 4 heterocycles. The highest BCUT2D eigenvalue weighted by molar-refractivity contribution is 7.26. The summed E-state index contributed by atoms with van der Waals surface area (Å²) in [5.41, 5.74) is 19.1. The lowest BCUT2D eigenvalue weighted by Crippen LogP contribution is -2.30. The minimum absolute atomic E-state index is 0.600. The molecule has 0 N–H and O–H groups in total. The molecule has 0 atom stereocenters. The molecule has 412 valence electrons. The summed E-state index contributed by atoms with van der Waals surface area (Å²) in [5.74, 6) is 1.47. The normalized spacial score (nSPS) is 13.2. The van der Waals surface area contributed by atoms with Gasteiger partial charge >= 0.3 is 0 Å². The molecule has 2 aliphatic rings. The average molecular weight is 1160 g/mol. The van der Waals surface area contributed by atoms with Gasteiger partial charge in [-0.1, -0.05) is 267 Å². The Bertz CT molecular complexity index is 5250. The summed E-state index contributed by atoms with van der Waals surface area (Å²) in [7, 11) is 0. The first-order valence-corrected chi connectivity index (χ1v) is 31.5. The van der Waals surface area contributed by atoms with Crippen molar-refractivity contribution >= 4 is 63.0 Å². The minimum Gasteiger partial charge on any atom is -0.231 e. The molecule has 4 nitrogen and oxygen atoms in total. The zero-order valence-electron chi connectivity index (χ0n) is 47.6. The van der Waals surface area contributed by atoms with Gasteiger partial charge in [0.1, 0.15) is 0 Å². The Kier molecular flexibility index (Phi) is 12.3. The molecule has 0 spiro atoms. The molecule has 4 aromatic heterocycles. The molecule has 0 saturated carbocycles. The van der Waals surface area contributed by atoms with Crippen LogP contribution in [-0.2, 0) is 10.8 Å². The van der Waals surface area contributed by atoms with Gasteiger partial charge in [0.2, 0.25) is 0 Å². The van der Waals surface area contributed by atoms with Crippen LogP contribution >= 0.6 is 22.7 Å². The van der Waals surface area contributed by atoms with Gasteiger partial charge in [0.15, 0.2) is 11.6 Å². The Labute approximate surface area is 518 Å². The van der Waals surface area contributed by atoms with Crippen LogP contribution in [0.25, 0.3) is 108 Å². The summed E-state index contributed by atoms with van der Waals surface area (Å²) in [5, 5.41) is 5.08. The van der Waals surface area contributed by atoms with Crippen molar-refractivity contribution in [3.05, 3.63) is 360 Å². The lowest BCUT2D eigenvalue weighted by molar-refractivity contribution is 0.732. The summed E-state index contributed by atoms with van der Waals surface area (Å²) in [4.78, 5) is 21.5. The molecule has 0 saturated heterocycles. The van der Waals surface area contributed by atoms with Crippen LogP contribution in [-0.4, -0.2) is 19.9 Å². The molecular formula is C82H52N4S2. The highest BCUT2D eigenvalue weighted by Crippen LogP contribution is 2.58. The van der Waals surface area contributed by atoms with E-state index in [-0.39, 0.29) is 0 Å². The van der Waals surface area contributed by atoms with E-state index < -0.39 is 10.8 Å². The second kappa shape index (κ2) is 21.0. The number of hydrogen-bond acceptors (Lipinski definition) is 6. The topological polar surface area (TPSA) is 51.6 Å². The maximum absolute atomic E-state index is 5.52. The van der Waals surface area contributed by atoms with Crippen molar-refractivity contribution in [1.29, 1.82) is 0 Å². The number of hydrogen-bond donors (Lipinski definition) is 0. The zero-order chi connectivity index (χ0) is 58.2. The van der Waals surface area contributed by atoms with Crippen LogP contribution in [0.15, 0.2) is 315 Å². The van der Waals surface area contributed by atoms with E-state index in [0.29, 0.717) is 0 Å². The Balaban J connectivity index is 0.000000137. The second-order valence-electron chi connectivity index (χ2n) is 22.7. The van der Waals surface area contributed by atoms with Crippen LogP contribution in [0, 0.1) is 0 Å². The van der Waals surface area contributed by atoms with Crippen molar-refractivity contribution in [2.45, 2.75) is 10.8 Å². The largest absolute Gasteiger partial charge is 0.231 e. The molecule has 0 aliphatic heterocycles. The molecule has 12 aromatic carbocycles. The Morgan fingerprint density at radius 3 is 1.03 bits per heavy atom. The summed E-state index contributed by atoms with van der Waals surface area (Å²) in [6.45, 7) is 0. The molecule has 0 bridgehead atoms. The van der Waals surface area contributed by atoms with Crippen LogP contribution in [0.3, 0.4) is 0 Å². The zero-order valence-corrected chi connectivity index (χ0v) is 49.3. The third-order valence-electron chi connectivity index (χ3n) is 17.9. The lowest BCUT2D eigenvalue weighted by Gasteiger charge is -2.33. The number of rotatable bonds is 8. The molecule has 18 rings (SSSR count). The molecule has 0 unspecified atom stereocenters. The summed E-state index contributed by atoms with van der Waals surface area (Å²) in [6.07, 6.45) is 0. The Morgan fingerprint density at radius 1 is 0.227 bits per heavy atom. The van der Waals surface area contributed by atoms with E-state index >= 15 is 0 Å². The van der Waals surface area contributed by atoms with E-state index in [2.05, 4.69) is 315 Å². The first-order valence-electron chi connectivity index (χ1n) is 29.8. The SMILES string of the molecule is c1ccc(-c2cc(C3(c4ccccc4)c4ccccc4-c4ccccc43)nc(-c3ccc4c(c3)sc3ccccc34)n2)cc1.c1ccc(-c2cc(C3(c4ccccc4)c4ccccc4-c4ccccc43)nc(-c3ccc4sc5ccccc5c4c3)n2)cc1. The number of nitrogens with zero attached hydrogens (tertiary/aromatic N) is 4. The van der Waals surface area contributed by atoms with Crippen LogP contribution in [0.1, 0.15) is 44.8 Å². The van der Waals surface area contributed by atoms with Gasteiger partial charge in [-0.3, -0.25) is 0 Å². The van der Waals surface area contributed by atoms with Crippen LogP contribution in [0.4, 0.5) is 0 Å². The van der Waals surface area contributed by atoms with Crippen LogP contribution in [0.2, 0.25) is 0 Å². The Hall–Kier alpha value is -10.8. The van der Waals surface area contributed by atoms with E-state index in [1.165, 1.54) is 96.0 Å². The fraction of sp³-hybridized carbons (Fsp3) is 0.0244. The second-order valence-corrected chi connectivity index (χ2v) is 24.9. The maximum atomic E-state index is 5.52. The predicted molar refractivity (Wildman–Crippen MR) is 366 cm³/mol. The molecule has 0 fully saturated rings. The van der Waals surface area contributed by atoms with Crippen molar-refractivity contribution in [3.8, 4) is 67.5 Å². The molecule has 88 heavy (non-hydrogen) atoms. The monoisotopic (exact) mass is 1160 g/mol. The number of thiophene rings is 2. The first-order chi connectivity index (χ1) is 43.6. The summed E-state index contributed by atoms with van der Waals surface area (Å²) in [6, 6.07) is 113. The van der Waals surface area contributed by atoms with E-state index in [9.17, 15) is 0 Å². The van der Waals surface area contributed by atoms with Gasteiger partial charge in [-0.15, -0.1) is 22.7 Å². The number of fused-ring (bicyclic) bond motifs is 12. The van der Waals surface area contributed by atoms with E-state index in [1.807, 2.05) is 22.7 Å². The highest BCUT2D eigenvalue weighted by atomic mass is 32.1. The predicted octanol–water partition coefficient (Wildman–Crippen LogP) is 21.1. The molecule has 16 aromatic rings. The van der Waals surface area contributed by atoms with Gasteiger partial charge in [0.05, 0.1) is 33.6 Å². The van der Waals surface area contributed by atoms with Crippen LogP contribution in [0.5, 0.6) is 0 Å². The van der Waals surface area contributed by atoms with Crippen molar-refractivity contribution < 1.29 is 0 Å². The van der Waals surface area contributed by atoms with Gasteiger partial charge in [0, 0.05) is 62.6 Å². The minimum atomic E-state index is -0.602. The fourth-order valence-corrected chi connectivity index (χ4v) is 16.3. The summed E-state index contributed by atoms with van der Waals surface area (Å²) >= 11 is 3.65. The quantitative estimate of drug-likeness (QED) is 0.152. The number of aromatic nitrogens is 4. The van der Waals surface area contributed by atoms with Crippen molar-refractivity contribution in [1.82, 2.24) is 19.9 Å². The van der Waals surface area contributed by atoms with E-state index in [1.54, 1.807) is 0 Å². The smallest absolute Gasteiger partial charge is 0.160 e. The highest BCUT2D eigenvalue weighted by Gasteiger charge is 2.49. The van der Waals surface area contributed by atoms with Gasteiger partial charge < -0.3 is 0 Å². The fourth-order valence-electron chi connectivity index (χ4n) is 14.1. The average Bonchev–Trinajstić information content (AvgIpc) is 1.56.